The number of carbonyl (C=O) groups excluding carboxylic acids is 4. The van der Waals surface area contributed by atoms with E-state index in [1.165, 1.54) is 244 Å². The number of esters is 4. The third kappa shape index (κ3) is 73.0. The van der Waals surface area contributed by atoms with Crippen LogP contribution in [0, 0.1) is 11.8 Å². The molecule has 3 unspecified atom stereocenters. The van der Waals surface area contributed by atoms with Crippen LogP contribution in [-0.2, 0) is 65.4 Å². The van der Waals surface area contributed by atoms with Crippen molar-refractivity contribution in [1.29, 1.82) is 0 Å². The van der Waals surface area contributed by atoms with Crippen molar-refractivity contribution in [1.82, 2.24) is 0 Å². The predicted octanol–water partition coefficient (Wildman–Crippen LogP) is 24.3. The zero-order valence-electron chi connectivity index (χ0n) is 65.5. The first-order valence-electron chi connectivity index (χ1n) is 42.0. The van der Waals surface area contributed by atoms with E-state index < -0.39 is 97.5 Å². The number of phosphoric ester groups is 2. The molecule has 0 aliphatic carbocycles. The van der Waals surface area contributed by atoms with Crippen LogP contribution < -0.4 is 0 Å². The van der Waals surface area contributed by atoms with E-state index in [9.17, 15) is 43.2 Å². The van der Waals surface area contributed by atoms with Gasteiger partial charge in [-0.3, -0.25) is 37.3 Å². The van der Waals surface area contributed by atoms with Crippen LogP contribution in [0.2, 0.25) is 0 Å². The van der Waals surface area contributed by atoms with E-state index in [4.69, 9.17) is 37.0 Å². The smallest absolute Gasteiger partial charge is 0.462 e. The molecule has 3 N–H and O–H groups in total. The lowest BCUT2D eigenvalue weighted by molar-refractivity contribution is -0.161. The molecule has 19 heteroatoms. The van der Waals surface area contributed by atoms with E-state index >= 15 is 0 Å². The Balaban J connectivity index is 5.25. The summed E-state index contributed by atoms with van der Waals surface area (Å²) in [5.74, 6) is -0.453. The van der Waals surface area contributed by atoms with Gasteiger partial charge in [-0.1, -0.05) is 375 Å². The summed E-state index contributed by atoms with van der Waals surface area (Å²) in [5, 5.41) is 10.6. The van der Waals surface area contributed by atoms with Gasteiger partial charge in [0.05, 0.1) is 26.4 Å². The lowest BCUT2D eigenvalue weighted by Gasteiger charge is -2.21. The SMILES string of the molecule is CCCCCCCCCCCCCCCC(=O)O[C@H](COC(=O)CCCCCCCCCCCCC)COP(=O)(O)OC[C@H](O)COP(=O)(O)OC[C@@H](COC(=O)CCCCCCCCCCCCCCCCC(C)CC)OC(=O)CCCCCCCCCCCCCCCCCC(C)C. The quantitative estimate of drug-likeness (QED) is 0.0222. The van der Waals surface area contributed by atoms with Gasteiger partial charge >= 0.3 is 39.5 Å². The van der Waals surface area contributed by atoms with Gasteiger partial charge in [-0.25, -0.2) is 9.13 Å². The topological polar surface area (TPSA) is 237 Å². The molecule has 0 saturated carbocycles. The molecule has 0 spiro atoms. The Morgan fingerprint density at radius 2 is 0.510 bits per heavy atom. The molecule has 0 amide bonds. The van der Waals surface area contributed by atoms with Crippen molar-refractivity contribution in [3.8, 4) is 0 Å². The van der Waals surface area contributed by atoms with Gasteiger partial charge < -0.3 is 33.8 Å². The van der Waals surface area contributed by atoms with Crippen LogP contribution in [0.15, 0.2) is 0 Å². The summed E-state index contributed by atoms with van der Waals surface area (Å²) in [7, 11) is -9.92. The number of hydrogen-bond acceptors (Lipinski definition) is 15. The van der Waals surface area contributed by atoms with Crippen LogP contribution in [0.5, 0.6) is 0 Å². The summed E-state index contributed by atoms with van der Waals surface area (Å²) in [6.45, 7) is 9.72. The molecule has 0 aliphatic rings. The van der Waals surface area contributed by atoms with E-state index in [1.54, 1.807) is 0 Å². The number of unbranched alkanes of at least 4 members (excludes halogenated alkanes) is 49. The average molecular weight is 1470 g/mol. The maximum atomic E-state index is 13.1. The van der Waals surface area contributed by atoms with Crippen LogP contribution in [0.3, 0.4) is 0 Å². The zero-order chi connectivity index (χ0) is 73.5. The van der Waals surface area contributed by atoms with E-state index in [0.717, 1.165) is 102 Å². The average Bonchev–Trinajstić information content (AvgIpc) is 0.956. The Kier molecular flexibility index (Phi) is 71.2. The number of rotatable bonds is 80. The first kappa shape index (κ1) is 98.1. The van der Waals surface area contributed by atoms with Gasteiger partial charge in [0.15, 0.2) is 12.2 Å². The molecule has 0 heterocycles. The van der Waals surface area contributed by atoms with Gasteiger partial charge in [-0.05, 0) is 37.5 Å². The van der Waals surface area contributed by atoms with E-state index in [0.29, 0.717) is 25.7 Å². The van der Waals surface area contributed by atoms with Gasteiger partial charge in [-0.2, -0.15) is 0 Å². The van der Waals surface area contributed by atoms with Crippen molar-refractivity contribution in [2.75, 3.05) is 39.6 Å². The van der Waals surface area contributed by atoms with E-state index in [1.807, 2.05) is 0 Å². The monoisotopic (exact) mass is 1470 g/mol. The maximum absolute atomic E-state index is 13.1. The Hall–Kier alpha value is -1.94. The molecule has 0 aromatic carbocycles. The molecule has 0 aromatic heterocycles. The molecule has 0 aliphatic heterocycles. The van der Waals surface area contributed by atoms with Crippen molar-refractivity contribution in [3.05, 3.63) is 0 Å². The van der Waals surface area contributed by atoms with Crippen LogP contribution in [-0.4, -0.2) is 96.7 Å². The van der Waals surface area contributed by atoms with Crippen LogP contribution in [0.4, 0.5) is 0 Å². The van der Waals surface area contributed by atoms with Gasteiger partial charge in [-0.15, -0.1) is 0 Å². The number of aliphatic hydroxyl groups excluding tert-OH is 1. The lowest BCUT2D eigenvalue weighted by Crippen LogP contribution is -2.30. The van der Waals surface area contributed by atoms with E-state index in [2.05, 4.69) is 41.5 Å². The molecule has 0 radical (unpaired) electrons. The Morgan fingerprint density at radius 1 is 0.290 bits per heavy atom. The minimum atomic E-state index is -4.96. The number of aliphatic hydroxyl groups is 1. The predicted molar refractivity (Wildman–Crippen MR) is 409 cm³/mol. The fraction of sp³-hybridized carbons (Fsp3) is 0.951. The van der Waals surface area contributed by atoms with Gasteiger partial charge in [0.1, 0.15) is 19.3 Å². The third-order valence-electron chi connectivity index (χ3n) is 19.3. The molecular weight excluding hydrogens is 1310 g/mol. The van der Waals surface area contributed by atoms with Crippen molar-refractivity contribution in [2.45, 2.75) is 445 Å². The fourth-order valence-electron chi connectivity index (χ4n) is 12.5. The summed E-state index contributed by atoms with van der Waals surface area (Å²) in [6, 6.07) is 0. The molecule has 0 fully saturated rings. The highest BCUT2D eigenvalue weighted by molar-refractivity contribution is 7.47. The second-order valence-electron chi connectivity index (χ2n) is 29.9. The second kappa shape index (κ2) is 72.6. The molecule has 100 heavy (non-hydrogen) atoms. The molecule has 0 saturated heterocycles. The highest BCUT2D eigenvalue weighted by atomic mass is 31.2. The van der Waals surface area contributed by atoms with Crippen molar-refractivity contribution < 1.29 is 80.2 Å². The normalized spacial score (nSPS) is 14.2. The highest BCUT2D eigenvalue weighted by Crippen LogP contribution is 2.45. The molecular formula is C81H158O17P2. The number of hydrogen-bond donors (Lipinski definition) is 3. The summed E-state index contributed by atoms with van der Waals surface area (Å²) in [4.78, 5) is 73.0. The first-order chi connectivity index (χ1) is 48.4. The number of ether oxygens (including phenoxy) is 4. The standard InChI is InChI=1S/C81H158O17P2/c1-7-10-12-14-16-18-20-26-35-41-47-53-59-65-80(85)97-76(69-91-78(83)63-57-51-45-39-31-19-17-15-13-11-8-2)71-95-99(87,88)93-67-75(82)68-94-100(89,90)96-72-77(98-81(86)66-60-54-48-42-36-30-23-21-22-27-32-37-43-49-55-61-73(4)5)70-92-79(84)64-58-52-46-40-34-29-25-24-28-33-38-44-50-56-62-74(6)9-3/h73-77,82H,7-72H2,1-6H3,(H,87,88)(H,89,90)/t74?,75-,76+,77+/m0/s1. The fourth-order valence-corrected chi connectivity index (χ4v) is 14.1. The summed E-state index contributed by atoms with van der Waals surface area (Å²) in [5.41, 5.74) is 0. The zero-order valence-corrected chi connectivity index (χ0v) is 67.3. The largest absolute Gasteiger partial charge is 0.472 e. The molecule has 6 atom stereocenters. The van der Waals surface area contributed by atoms with Crippen molar-refractivity contribution in [2.24, 2.45) is 11.8 Å². The molecule has 0 bridgehead atoms. The molecule has 594 valence electrons. The van der Waals surface area contributed by atoms with Crippen molar-refractivity contribution in [3.63, 3.8) is 0 Å². The Bertz CT molecular complexity index is 1930. The summed E-state index contributed by atoms with van der Waals surface area (Å²) in [6.07, 6.45) is 62.2. The molecule has 0 rings (SSSR count). The van der Waals surface area contributed by atoms with E-state index in [-0.39, 0.29) is 25.7 Å². The maximum Gasteiger partial charge on any atom is 0.472 e. The first-order valence-corrected chi connectivity index (χ1v) is 45.0. The van der Waals surface area contributed by atoms with Crippen molar-refractivity contribution >= 4 is 39.5 Å². The van der Waals surface area contributed by atoms with Crippen LogP contribution in [0.25, 0.3) is 0 Å². The third-order valence-corrected chi connectivity index (χ3v) is 21.2. The summed E-state index contributed by atoms with van der Waals surface area (Å²) < 4.78 is 68.7. The molecule has 0 aromatic rings. The Labute approximate surface area is 613 Å². The summed E-state index contributed by atoms with van der Waals surface area (Å²) >= 11 is 0. The number of carbonyl (C=O) groups is 4. The molecule has 17 nitrogen and oxygen atoms in total. The minimum absolute atomic E-state index is 0.108. The second-order valence-corrected chi connectivity index (χ2v) is 32.8. The highest BCUT2D eigenvalue weighted by Gasteiger charge is 2.30. The van der Waals surface area contributed by atoms with Gasteiger partial charge in [0.2, 0.25) is 0 Å². The minimum Gasteiger partial charge on any atom is -0.462 e. The Morgan fingerprint density at radius 3 is 0.760 bits per heavy atom. The van der Waals surface area contributed by atoms with Crippen LogP contribution in [0.1, 0.15) is 427 Å². The lowest BCUT2D eigenvalue weighted by atomic mass is 9.99. The van der Waals surface area contributed by atoms with Crippen LogP contribution >= 0.6 is 15.6 Å². The van der Waals surface area contributed by atoms with Gasteiger partial charge in [0.25, 0.3) is 0 Å². The van der Waals surface area contributed by atoms with Gasteiger partial charge in [0, 0.05) is 25.7 Å². The number of phosphoric acid groups is 2.